The van der Waals surface area contributed by atoms with Gasteiger partial charge in [-0.1, -0.05) is 18.5 Å². The molecule has 1 aliphatic heterocycles. The molecule has 0 fully saturated rings. The van der Waals surface area contributed by atoms with Crippen LogP contribution < -0.4 is 4.90 Å². The Morgan fingerprint density at radius 2 is 1.91 bits per heavy atom. The molecule has 0 saturated carbocycles. The first-order valence-corrected chi connectivity index (χ1v) is 9.90. The number of hydrogen-bond donors (Lipinski definition) is 0. The molecule has 0 aliphatic carbocycles. The third-order valence-corrected chi connectivity index (χ3v) is 5.39. The molecule has 1 aliphatic rings. The van der Waals surface area contributed by atoms with Crippen molar-refractivity contribution in [3.63, 3.8) is 0 Å². The van der Waals surface area contributed by atoms with Crippen LogP contribution in [0.25, 0.3) is 11.5 Å². The molecule has 4 rings (SSSR count). The van der Waals surface area contributed by atoms with Crippen molar-refractivity contribution < 1.29 is 26.5 Å². The molecule has 0 saturated heterocycles. The molecule has 32 heavy (non-hydrogen) atoms. The lowest BCUT2D eigenvalue weighted by molar-refractivity contribution is -0.138. The Morgan fingerprint density at radius 3 is 2.53 bits per heavy atom. The molecular formula is C22H17F5N4O. The van der Waals surface area contributed by atoms with Crippen LogP contribution in [-0.4, -0.2) is 16.2 Å². The second-order valence-electron chi connectivity index (χ2n) is 7.54. The molecule has 166 valence electrons. The predicted octanol–water partition coefficient (Wildman–Crippen LogP) is 5.64. The fraction of sp³-hybridized carbons (Fsp3) is 0.318. The molecule has 0 spiro atoms. The van der Waals surface area contributed by atoms with E-state index in [0.29, 0.717) is 18.2 Å². The van der Waals surface area contributed by atoms with Gasteiger partial charge in [-0.25, -0.2) is 8.78 Å². The predicted molar refractivity (Wildman–Crippen MR) is 104 cm³/mol. The summed E-state index contributed by atoms with van der Waals surface area (Å²) in [6.45, 7) is 1.97. The van der Waals surface area contributed by atoms with Crippen LogP contribution in [0.15, 0.2) is 34.9 Å². The molecule has 0 bridgehead atoms. The van der Waals surface area contributed by atoms with Gasteiger partial charge in [-0.3, -0.25) is 0 Å². The number of nitriles is 1. The molecule has 5 nitrogen and oxygen atoms in total. The molecule has 3 aromatic rings. The average Bonchev–Trinajstić information content (AvgIpc) is 3.31. The second kappa shape index (κ2) is 8.22. The highest BCUT2D eigenvalue weighted by Crippen LogP contribution is 2.44. The van der Waals surface area contributed by atoms with Crippen molar-refractivity contribution in [3.05, 3.63) is 64.5 Å². The van der Waals surface area contributed by atoms with Crippen LogP contribution >= 0.6 is 0 Å². The van der Waals surface area contributed by atoms with Crippen LogP contribution in [0.3, 0.4) is 0 Å². The van der Waals surface area contributed by atoms with E-state index in [1.54, 1.807) is 11.0 Å². The van der Waals surface area contributed by atoms with Gasteiger partial charge in [0.2, 0.25) is 0 Å². The van der Waals surface area contributed by atoms with E-state index in [4.69, 9.17) is 4.52 Å². The topological polar surface area (TPSA) is 66.0 Å². The highest BCUT2D eigenvalue weighted by atomic mass is 19.4. The van der Waals surface area contributed by atoms with Gasteiger partial charge in [0.25, 0.3) is 5.89 Å². The summed E-state index contributed by atoms with van der Waals surface area (Å²) < 4.78 is 73.3. The quantitative estimate of drug-likeness (QED) is 0.473. The summed E-state index contributed by atoms with van der Waals surface area (Å²) in [6, 6.07) is 6.86. The molecule has 0 N–H and O–H groups in total. The third-order valence-electron chi connectivity index (χ3n) is 5.39. The number of halogens is 5. The first-order valence-electron chi connectivity index (χ1n) is 9.90. The lowest BCUT2D eigenvalue weighted by atomic mass is 9.97. The third kappa shape index (κ3) is 4.02. The highest BCUT2D eigenvalue weighted by molar-refractivity contribution is 5.66. The van der Waals surface area contributed by atoms with Crippen LogP contribution in [0.5, 0.6) is 0 Å². The second-order valence-corrected chi connectivity index (χ2v) is 7.54. The first-order chi connectivity index (χ1) is 15.2. The zero-order chi connectivity index (χ0) is 23.0. The van der Waals surface area contributed by atoms with Gasteiger partial charge in [0.05, 0.1) is 23.7 Å². The van der Waals surface area contributed by atoms with Crippen LogP contribution in [0.2, 0.25) is 0 Å². The Bertz CT molecular complexity index is 1180. The zero-order valence-corrected chi connectivity index (χ0v) is 16.9. The fourth-order valence-electron chi connectivity index (χ4n) is 4.14. The van der Waals surface area contributed by atoms with Crippen molar-refractivity contribution in [1.29, 1.82) is 5.26 Å². The lowest BCUT2D eigenvalue weighted by Gasteiger charge is -2.26. The van der Waals surface area contributed by atoms with Crippen molar-refractivity contribution in [2.75, 3.05) is 4.90 Å². The largest absolute Gasteiger partial charge is 0.418 e. The van der Waals surface area contributed by atoms with Gasteiger partial charge in [0.1, 0.15) is 11.6 Å². The Kier molecular flexibility index (Phi) is 5.59. The van der Waals surface area contributed by atoms with Crippen molar-refractivity contribution >= 4 is 5.69 Å². The minimum Gasteiger partial charge on any atom is -0.360 e. The summed E-state index contributed by atoms with van der Waals surface area (Å²) in [4.78, 5) is 5.93. The van der Waals surface area contributed by atoms with E-state index in [1.807, 2.05) is 6.92 Å². The maximum absolute atomic E-state index is 13.7. The zero-order valence-electron chi connectivity index (χ0n) is 16.9. The van der Waals surface area contributed by atoms with E-state index >= 15 is 0 Å². The molecule has 10 heteroatoms. The van der Waals surface area contributed by atoms with Gasteiger partial charge < -0.3 is 9.42 Å². The fourth-order valence-corrected chi connectivity index (χ4v) is 4.14. The SMILES string of the molecule is CCCC1Cc2c(ccc(C#N)c2C(F)(F)F)N1Cc1noc(-c2cc(F)cc(F)c2)n1. The molecular weight excluding hydrogens is 431 g/mol. The first kappa shape index (κ1) is 21.7. The number of benzene rings is 2. The summed E-state index contributed by atoms with van der Waals surface area (Å²) in [7, 11) is 0. The number of nitrogens with zero attached hydrogens (tertiary/aromatic N) is 4. The van der Waals surface area contributed by atoms with E-state index in [0.717, 1.165) is 18.6 Å². The van der Waals surface area contributed by atoms with Crippen molar-refractivity contribution in [1.82, 2.24) is 10.1 Å². The standard InChI is InChI=1S/C22H17F5N4O/c1-2-3-16-9-17-18(5-4-12(10-28)20(17)22(25,26)27)31(16)11-19-29-21(32-30-19)13-6-14(23)8-15(24)7-13/h4-8,16H,2-3,9,11H2,1H3. The number of fused-ring (bicyclic) bond motifs is 1. The van der Waals surface area contributed by atoms with Gasteiger partial charge in [-0.15, -0.1) is 0 Å². The molecule has 2 heterocycles. The van der Waals surface area contributed by atoms with E-state index < -0.39 is 28.9 Å². The summed E-state index contributed by atoms with van der Waals surface area (Å²) in [6.07, 6.45) is -3.17. The number of rotatable bonds is 5. The number of anilines is 1. The minimum absolute atomic E-state index is 0.0438. The highest BCUT2D eigenvalue weighted by Gasteiger charge is 2.42. The van der Waals surface area contributed by atoms with Crippen LogP contribution in [0.4, 0.5) is 27.6 Å². The van der Waals surface area contributed by atoms with Gasteiger partial charge in [0.15, 0.2) is 5.82 Å². The Hall–Kier alpha value is -3.48. The molecule has 1 aromatic heterocycles. The molecule has 1 unspecified atom stereocenters. The number of alkyl halides is 3. The summed E-state index contributed by atoms with van der Waals surface area (Å²) >= 11 is 0. The normalized spacial score (nSPS) is 15.7. The van der Waals surface area contributed by atoms with Crippen molar-refractivity contribution in [3.8, 4) is 17.5 Å². The van der Waals surface area contributed by atoms with E-state index in [-0.39, 0.29) is 41.8 Å². The van der Waals surface area contributed by atoms with Gasteiger partial charge in [0, 0.05) is 23.4 Å². The van der Waals surface area contributed by atoms with Gasteiger partial charge >= 0.3 is 6.18 Å². The molecule has 0 amide bonds. The van der Waals surface area contributed by atoms with Crippen LogP contribution in [-0.2, 0) is 19.1 Å². The van der Waals surface area contributed by atoms with Gasteiger partial charge in [-0.05, 0) is 42.7 Å². The Labute approximate surface area is 180 Å². The molecule has 1 atom stereocenters. The minimum atomic E-state index is -4.66. The number of hydrogen-bond acceptors (Lipinski definition) is 5. The summed E-state index contributed by atoms with van der Waals surface area (Å²) in [5.74, 6) is -1.54. The van der Waals surface area contributed by atoms with Gasteiger partial charge in [-0.2, -0.15) is 23.4 Å². The summed E-state index contributed by atoms with van der Waals surface area (Å²) in [5, 5.41) is 13.0. The average molecular weight is 448 g/mol. The lowest BCUT2D eigenvalue weighted by Crippen LogP contribution is -2.31. The van der Waals surface area contributed by atoms with E-state index in [2.05, 4.69) is 10.1 Å². The smallest absolute Gasteiger partial charge is 0.360 e. The Balaban J connectivity index is 1.70. The number of aromatic nitrogens is 2. The van der Waals surface area contributed by atoms with Crippen LogP contribution in [0, 0.1) is 23.0 Å². The molecule has 0 radical (unpaired) electrons. The monoisotopic (exact) mass is 448 g/mol. The maximum Gasteiger partial charge on any atom is 0.418 e. The maximum atomic E-state index is 13.7. The molecule has 2 aromatic carbocycles. The van der Waals surface area contributed by atoms with E-state index in [1.165, 1.54) is 12.1 Å². The Morgan fingerprint density at radius 1 is 1.19 bits per heavy atom. The van der Waals surface area contributed by atoms with Crippen LogP contribution in [0.1, 0.15) is 42.3 Å². The summed E-state index contributed by atoms with van der Waals surface area (Å²) in [5.41, 5.74) is -0.830. The van der Waals surface area contributed by atoms with Crippen molar-refractivity contribution in [2.24, 2.45) is 0 Å². The van der Waals surface area contributed by atoms with E-state index in [9.17, 15) is 27.2 Å². The van der Waals surface area contributed by atoms with Crippen molar-refractivity contribution in [2.45, 2.75) is 44.9 Å².